The Bertz CT molecular complexity index is 103. The Balaban J connectivity index is 3.68. The van der Waals surface area contributed by atoms with Crippen LogP contribution in [0.4, 0.5) is 0 Å². The first-order chi connectivity index (χ1) is 4.68. The molecule has 1 unspecified atom stereocenters. The van der Waals surface area contributed by atoms with E-state index in [0.29, 0.717) is 0 Å². The fourth-order valence-electron chi connectivity index (χ4n) is 0.906. The Morgan fingerprint density at radius 1 is 1.50 bits per heavy atom. The van der Waals surface area contributed by atoms with Crippen LogP contribution in [-0.2, 0) is 0 Å². The molecule has 1 nitrogen and oxygen atoms in total. The van der Waals surface area contributed by atoms with E-state index in [1.807, 2.05) is 6.92 Å². The van der Waals surface area contributed by atoms with Crippen LogP contribution in [0.5, 0.6) is 0 Å². The zero-order valence-electron chi connectivity index (χ0n) is 7.06. The predicted octanol–water partition coefficient (Wildman–Crippen LogP) is 2.47. The average molecular weight is 158 g/mol. The maximum atomic E-state index is 9.78. The van der Waals surface area contributed by atoms with Crippen molar-refractivity contribution in [1.29, 1.82) is 0 Å². The Kier molecular flexibility index (Phi) is 4.65. The van der Waals surface area contributed by atoms with Crippen LogP contribution in [0.2, 0.25) is 12.1 Å². The molecule has 0 aliphatic carbocycles. The van der Waals surface area contributed by atoms with Gasteiger partial charge in [0.05, 0.1) is 0 Å². The zero-order valence-corrected chi connectivity index (χ0v) is 8.06. The van der Waals surface area contributed by atoms with Gasteiger partial charge < -0.3 is 4.80 Å². The third kappa shape index (κ3) is 3.18. The van der Waals surface area contributed by atoms with Crippen molar-refractivity contribution in [3.63, 3.8) is 0 Å². The average Bonchev–Trinajstić information content (AvgIpc) is 2.00. The zero-order chi connectivity index (χ0) is 8.04. The van der Waals surface area contributed by atoms with E-state index >= 15 is 0 Å². The van der Waals surface area contributed by atoms with Crippen molar-refractivity contribution < 1.29 is 4.80 Å². The molecule has 1 atom stereocenters. The van der Waals surface area contributed by atoms with Crippen molar-refractivity contribution in [2.75, 3.05) is 0 Å². The molecule has 0 aliphatic rings. The van der Waals surface area contributed by atoms with Gasteiger partial charge in [-0.25, -0.2) is 0 Å². The quantitative estimate of drug-likeness (QED) is 0.609. The van der Waals surface area contributed by atoms with Gasteiger partial charge in [0.15, 0.2) is 0 Å². The fraction of sp³-hybridized carbons (Fsp3) is 0.750. The van der Waals surface area contributed by atoms with Crippen LogP contribution < -0.4 is 0 Å². The summed E-state index contributed by atoms with van der Waals surface area (Å²) >= 11 is 0. The van der Waals surface area contributed by atoms with E-state index in [9.17, 15) is 4.80 Å². The molecule has 0 aromatic rings. The van der Waals surface area contributed by atoms with Gasteiger partial charge in [-0.1, -0.05) is 32.4 Å². The van der Waals surface area contributed by atoms with E-state index in [2.05, 4.69) is 13.5 Å². The summed E-state index contributed by atoms with van der Waals surface area (Å²) in [5, 5.41) is 0. The largest absolute Gasteiger partial charge is 0.428 e. The highest BCUT2D eigenvalue weighted by Gasteiger charge is 2.22. The van der Waals surface area contributed by atoms with Gasteiger partial charge in [-0.3, -0.25) is 0 Å². The Morgan fingerprint density at radius 3 is 2.40 bits per heavy atom. The van der Waals surface area contributed by atoms with Crippen LogP contribution in [0.25, 0.3) is 0 Å². The van der Waals surface area contributed by atoms with Crippen molar-refractivity contribution in [3.8, 4) is 0 Å². The van der Waals surface area contributed by atoms with Gasteiger partial charge >= 0.3 is 0 Å². The maximum absolute atomic E-state index is 9.78. The van der Waals surface area contributed by atoms with Gasteiger partial charge in [0, 0.05) is 0 Å². The fourth-order valence-corrected chi connectivity index (χ4v) is 2.72. The lowest BCUT2D eigenvalue weighted by molar-refractivity contribution is 0.540. The summed E-state index contributed by atoms with van der Waals surface area (Å²) in [6.45, 7) is 7.86. The maximum Gasteiger partial charge on any atom is 0.212 e. The summed E-state index contributed by atoms with van der Waals surface area (Å²) in [7, 11) is -1.95. The van der Waals surface area contributed by atoms with E-state index in [0.717, 1.165) is 18.5 Å². The third-order valence-electron chi connectivity index (χ3n) is 1.96. The van der Waals surface area contributed by atoms with Crippen LogP contribution in [-0.4, -0.2) is 13.1 Å². The smallest absolute Gasteiger partial charge is 0.212 e. The Hall–Kier alpha value is -0.0831. The lowest BCUT2D eigenvalue weighted by Gasteiger charge is -2.17. The van der Waals surface area contributed by atoms with Gasteiger partial charge in [0.1, 0.15) is 0 Å². The van der Waals surface area contributed by atoms with Gasteiger partial charge in [-0.15, -0.1) is 6.58 Å². The van der Waals surface area contributed by atoms with Gasteiger partial charge in [0.25, 0.3) is 0 Å². The molecule has 1 N–H and O–H groups in total. The molecule has 0 radical (unpaired) electrons. The topological polar surface area (TPSA) is 20.2 Å². The summed E-state index contributed by atoms with van der Waals surface area (Å²) in [6, 6.07) is 1.90. The summed E-state index contributed by atoms with van der Waals surface area (Å²) in [4.78, 5) is 9.78. The van der Waals surface area contributed by atoms with Gasteiger partial charge in [-0.2, -0.15) is 0 Å². The third-order valence-corrected chi connectivity index (χ3v) is 5.16. The highest BCUT2D eigenvalue weighted by molar-refractivity contribution is 6.77. The van der Waals surface area contributed by atoms with E-state index in [1.165, 1.54) is 6.42 Å². The minimum atomic E-state index is -1.95. The van der Waals surface area contributed by atoms with Crippen LogP contribution in [0.15, 0.2) is 12.3 Å². The minimum Gasteiger partial charge on any atom is -0.428 e. The first kappa shape index (κ1) is 9.92. The van der Waals surface area contributed by atoms with Crippen LogP contribution in [0.3, 0.4) is 0 Å². The molecule has 0 rings (SSSR count). The minimum absolute atomic E-state index is 0.913. The SMILES string of the molecule is C=C[Si](O)(CC)CCCC. The molecule has 0 bridgehead atoms. The highest BCUT2D eigenvalue weighted by atomic mass is 28.4. The Labute approximate surface area is 64.9 Å². The summed E-state index contributed by atoms with van der Waals surface area (Å²) < 4.78 is 0. The second kappa shape index (κ2) is 4.69. The number of rotatable bonds is 5. The lowest BCUT2D eigenvalue weighted by Crippen LogP contribution is -2.30. The second-order valence-electron chi connectivity index (χ2n) is 2.76. The molecule has 0 aromatic heterocycles. The molecule has 0 heterocycles. The molecular formula is C8H18OSi. The lowest BCUT2D eigenvalue weighted by atomic mass is 10.4. The van der Waals surface area contributed by atoms with E-state index in [4.69, 9.17) is 0 Å². The first-order valence-corrected chi connectivity index (χ1v) is 6.48. The van der Waals surface area contributed by atoms with Crippen molar-refractivity contribution >= 4 is 8.32 Å². The van der Waals surface area contributed by atoms with E-state index in [-0.39, 0.29) is 0 Å². The van der Waals surface area contributed by atoms with Gasteiger partial charge in [0.2, 0.25) is 8.32 Å². The predicted molar refractivity (Wildman–Crippen MR) is 48.4 cm³/mol. The highest BCUT2D eigenvalue weighted by Crippen LogP contribution is 2.15. The number of unbranched alkanes of at least 4 members (excludes halogenated alkanes) is 1. The monoisotopic (exact) mass is 158 g/mol. The molecule has 0 amide bonds. The Morgan fingerprint density at radius 2 is 2.10 bits per heavy atom. The molecule has 10 heavy (non-hydrogen) atoms. The van der Waals surface area contributed by atoms with E-state index in [1.54, 1.807) is 5.70 Å². The van der Waals surface area contributed by atoms with Crippen molar-refractivity contribution in [3.05, 3.63) is 12.3 Å². The molecular weight excluding hydrogens is 140 g/mol. The molecule has 0 aliphatic heterocycles. The molecule has 0 aromatic carbocycles. The molecule has 0 fully saturated rings. The normalized spacial score (nSPS) is 16.3. The van der Waals surface area contributed by atoms with E-state index < -0.39 is 8.32 Å². The molecule has 2 heteroatoms. The molecule has 0 spiro atoms. The standard InChI is InChI=1S/C8H18OSi/c1-4-7-8-10(9,5-2)6-3/h5,9H,2,4,6-8H2,1,3H3. The molecule has 0 saturated heterocycles. The second-order valence-corrected chi connectivity index (χ2v) is 6.59. The van der Waals surface area contributed by atoms with Crippen molar-refractivity contribution in [2.24, 2.45) is 0 Å². The summed E-state index contributed by atoms with van der Waals surface area (Å²) in [5.41, 5.74) is 1.79. The van der Waals surface area contributed by atoms with Crippen molar-refractivity contribution in [1.82, 2.24) is 0 Å². The van der Waals surface area contributed by atoms with Gasteiger partial charge in [-0.05, 0) is 12.1 Å². The van der Waals surface area contributed by atoms with Crippen LogP contribution in [0.1, 0.15) is 26.7 Å². The molecule has 60 valence electrons. The number of hydrogen-bond acceptors (Lipinski definition) is 1. The van der Waals surface area contributed by atoms with Crippen molar-refractivity contribution in [2.45, 2.75) is 38.8 Å². The first-order valence-electron chi connectivity index (χ1n) is 4.04. The summed E-state index contributed by atoms with van der Waals surface area (Å²) in [6.07, 6.45) is 2.31. The van der Waals surface area contributed by atoms with Crippen LogP contribution in [0, 0.1) is 0 Å². The van der Waals surface area contributed by atoms with Crippen LogP contribution >= 0.6 is 0 Å². The molecule has 0 saturated carbocycles. The number of hydrogen-bond donors (Lipinski definition) is 1. The summed E-state index contributed by atoms with van der Waals surface area (Å²) in [5.74, 6) is 0.